The quantitative estimate of drug-likeness (QED) is 0.479. The van der Waals surface area contributed by atoms with Crippen LogP contribution in [-0.4, -0.2) is 16.2 Å². The first-order valence-electron chi connectivity index (χ1n) is 2.26. The Morgan fingerprint density at radius 1 is 1.50 bits per heavy atom. The molecule has 8 heavy (non-hydrogen) atoms. The van der Waals surface area contributed by atoms with Crippen molar-refractivity contribution in [3.8, 4) is 0 Å². The van der Waals surface area contributed by atoms with E-state index in [1.54, 1.807) is 0 Å². The number of rotatable bonds is 2. The van der Waals surface area contributed by atoms with E-state index in [0.717, 1.165) is 6.42 Å². The van der Waals surface area contributed by atoms with Gasteiger partial charge in [0.05, 0.1) is 0 Å². The van der Waals surface area contributed by atoms with Crippen LogP contribution in [0.1, 0.15) is 13.3 Å². The molecule has 47 valence electrons. The van der Waals surface area contributed by atoms with Crippen LogP contribution < -0.4 is 0 Å². The van der Waals surface area contributed by atoms with Gasteiger partial charge in [0.15, 0.2) is 0 Å². The van der Waals surface area contributed by atoms with Crippen LogP contribution in [0.25, 0.3) is 0 Å². The summed E-state index contributed by atoms with van der Waals surface area (Å²) in [5.41, 5.74) is 0. The highest BCUT2D eigenvalue weighted by Crippen LogP contribution is 2.33. The van der Waals surface area contributed by atoms with Crippen LogP contribution in [0, 0.1) is 0 Å². The van der Waals surface area contributed by atoms with Gasteiger partial charge in [-0.05, 0) is 5.16 Å². The predicted molar refractivity (Wildman–Crippen MR) is 43.1 cm³/mol. The lowest BCUT2D eigenvalue weighted by molar-refractivity contribution is 1.02. The van der Waals surface area contributed by atoms with Crippen molar-refractivity contribution in [2.24, 2.45) is 0 Å². The molecule has 0 N–H and O–H groups in total. The highest BCUT2D eigenvalue weighted by Gasteiger charge is 2.31. The zero-order chi connectivity index (χ0) is 6.78. The molecular formula is C3H6Cl3Si2. The second-order valence-electron chi connectivity index (χ2n) is 1.50. The monoisotopic (exact) mass is 203 g/mol. The minimum Gasteiger partial charge on any atom is -0.126 e. The topological polar surface area (TPSA) is 0 Å². The van der Waals surface area contributed by atoms with Crippen LogP contribution >= 0.6 is 33.2 Å². The molecule has 3 radical (unpaired) electrons. The average Bonchev–Trinajstić information content (AvgIpc) is 1.62. The molecule has 0 saturated carbocycles. The largest absolute Gasteiger partial charge is 0.341 e. The molecule has 0 bridgehead atoms. The van der Waals surface area contributed by atoms with Crippen molar-refractivity contribution in [2.75, 3.05) is 0 Å². The van der Waals surface area contributed by atoms with Gasteiger partial charge in [-0.2, -0.15) is 0 Å². The van der Waals surface area contributed by atoms with E-state index in [4.69, 9.17) is 33.2 Å². The molecule has 0 aromatic carbocycles. The summed E-state index contributed by atoms with van der Waals surface area (Å²) in [5, 5.41) is 0.0903. The lowest BCUT2D eigenvalue weighted by atomic mass is 10.6. The van der Waals surface area contributed by atoms with Crippen molar-refractivity contribution < 1.29 is 0 Å². The van der Waals surface area contributed by atoms with Gasteiger partial charge < -0.3 is 0 Å². The van der Waals surface area contributed by atoms with Crippen molar-refractivity contribution in [1.29, 1.82) is 0 Å². The van der Waals surface area contributed by atoms with Gasteiger partial charge >= 0.3 is 6.00 Å². The molecule has 0 spiro atoms. The van der Waals surface area contributed by atoms with Gasteiger partial charge in [-0.3, -0.25) is 0 Å². The third kappa shape index (κ3) is 3.35. The fraction of sp³-hybridized carbons (Fsp3) is 1.00. The molecule has 0 rings (SSSR count). The minimum atomic E-state index is -2.43. The maximum absolute atomic E-state index is 5.60. The van der Waals surface area contributed by atoms with Crippen molar-refractivity contribution in [1.82, 2.24) is 0 Å². The van der Waals surface area contributed by atoms with Crippen LogP contribution in [-0.2, 0) is 0 Å². The second kappa shape index (κ2) is 3.47. The lowest BCUT2D eigenvalue weighted by Crippen LogP contribution is -2.18. The summed E-state index contributed by atoms with van der Waals surface area (Å²) in [6.45, 7) is 1.98. The highest BCUT2D eigenvalue weighted by atomic mass is 35.8. The van der Waals surface area contributed by atoms with Crippen LogP contribution in [0.4, 0.5) is 0 Å². The van der Waals surface area contributed by atoms with E-state index in [2.05, 4.69) is 10.2 Å². The Labute approximate surface area is 68.0 Å². The first kappa shape index (κ1) is 9.30. The Kier molecular flexibility index (Phi) is 4.03. The van der Waals surface area contributed by atoms with Gasteiger partial charge in [0.25, 0.3) is 0 Å². The molecule has 1 atom stereocenters. The Hall–Kier alpha value is 1.30. The van der Waals surface area contributed by atoms with Crippen molar-refractivity contribution in [2.45, 2.75) is 18.5 Å². The Bertz CT molecular complexity index is 69.4. The van der Waals surface area contributed by atoms with Gasteiger partial charge in [-0.15, -0.1) is 33.2 Å². The maximum atomic E-state index is 5.60. The minimum absolute atomic E-state index is 0.0903. The molecule has 0 aromatic heterocycles. The van der Waals surface area contributed by atoms with E-state index >= 15 is 0 Å². The maximum Gasteiger partial charge on any atom is 0.341 e. The summed E-state index contributed by atoms with van der Waals surface area (Å²) in [4.78, 5) is 0. The Morgan fingerprint density at radius 2 is 1.88 bits per heavy atom. The lowest BCUT2D eigenvalue weighted by Gasteiger charge is -2.13. The van der Waals surface area contributed by atoms with E-state index in [9.17, 15) is 0 Å². The zero-order valence-electron chi connectivity index (χ0n) is 4.42. The summed E-state index contributed by atoms with van der Waals surface area (Å²) in [7, 11) is 3.31. The molecule has 0 fully saturated rings. The molecule has 5 heteroatoms. The van der Waals surface area contributed by atoms with Crippen LogP contribution in [0.3, 0.4) is 0 Å². The van der Waals surface area contributed by atoms with E-state index in [1.807, 2.05) is 6.92 Å². The number of hydrogen-bond donors (Lipinski definition) is 0. The third-order valence-corrected chi connectivity index (χ3v) is 7.73. The van der Waals surface area contributed by atoms with Crippen LogP contribution in [0.15, 0.2) is 0 Å². The molecule has 0 aliphatic heterocycles. The molecule has 0 nitrogen and oxygen atoms in total. The van der Waals surface area contributed by atoms with Gasteiger partial charge in [0.1, 0.15) is 0 Å². The first-order valence-corrected chi connectivity index (χ1v) is 7.95. The molecule has 0 aromatic rings. The first-order chi connectivity index (χ1) is 3.48. The molecule has 0 saturated heterocycles. The van der Waals surface area contributed by atoms with Gasteiger partial charge in [0.2, 0.25) is 0 Å². The van der Waals surface area contributed by atoms with Crippen LogP contribution in [0.5, 0.6) is 0 Å². The summed E-state index contributed by atoms with van der Waals surface area (Å²) >= 11 is 16.8. The molecule has 0 aliphatic carbocycles. The summed E-state index contributed by atoms with van der Waals surface area (Å²) < 4.78 is 0. The van der Waals surface area contributed by atoms with Crippen molar-refractivity contribution in [3.05, 3.63) is 0 Å². The normalized spacial score (nSPS) is 16.1. The summed E-state index contributed by atoms with van der Waals surface area (Å²) in [6, 6.07) is -2.43. The molecule has 0 aliphatic rings. The SMILES string of the molecule is CCC([Si])[Si](Cl)(Cl)Cl. The predicted octanol–water partition coefficient (Wildman–Crippen LogP) is 2.55. The zero-order valence-corrected chi connectivity index (χ0v) is 8.69. The summed E-state index contributed by atoms with van der Waals surface area (Å²) in [5.74, 6) is 0. The second-order valence-corrected chi connectivity index (χ2v) is 11.7. The van der Waals surface area contributed by atoms with Crippen LogP contribution in [0.2, 0.25) is 5.16 Å². The number of hydrogen-bond acceptors (Lipinski definition) is 0. The molecular weight excluding hydrogens is 199 g/mol. The fourth-order valence-electron chi connectivity index (χ4n) is 0.231. The van der Waals surface area contributed by atoms with E-state index < -0.39 is 6.00 Å². The van der Waals surface area contributed by atoms with E-state index in [0.29, 0.717) is 0 Å². The van der Waals surface area contributed by atoms with E-state index in [-0.39, 0.29) is 5.16 Å². The van der Waals surface area contributed by atoms with Crippen molar-refractivity contribution >= 4 is 49.5 Å². The van der Waals surface area contributed by atoms with Crippen molar-refractivity contribution in [3.63, 3.8) is 0 Å². The van der Waals surface area contributed by atoms with Gasteiger partial charge in [-0.25, -0.2) is 0 Å². The van der Waals surface area contributed by atoms with Gasteiger partial charge in [0, 0.05) is 10.2 Å². The molecule has 0 amide bonds. The molecule has 1 unspecified atom stereocenters. The fourth-order valence-corrected chi connectivity index (χ4v) is 2.08. The van der Waals surface area contributed by atoms with E-state index in [1.165, 1.54) is 0 Å². The Balaban J connectivity index is 3.62. The third-order valence-electron chi connectivity index (χ3n) is 0.803. The average molecular weight is 205 g/mol. The Morgan fingerprint density at radius 3 is 1.88 bits per heavy atom. The standard InChI is InChI=1S/C3H6Cl3Si2/c1-2-3(7)8(4,5)6/h3H,2H2,1H3. The summed E-state index contributed by atoms with van der Waals surface area (Å²) in [6.07, 6.45) is 0.875. The smallest absolute Gasteiger partial charge is 0.126 e. The van der Waals surface area contributed by atoms with Gasteiger partial charge in [-0.1, -0.05) is 13.3 Å². The number of halogens is 3. The molecule has 0 heterocycles. The highest BCUT2D eigenvalue weighted by molar-refractivity contribution is 7.66.